The van der Waals surface area contributed by atoms with E-state index in [9.17, 15) is 4.79 Å². The summed E-state index contributed by atoms with van der Waals surface area (Å²) in [6.45, 7) is 0. The third-order valence-electron chi connectivity index (χ3n) is 8.51. The minimum Gasteiger partial charge on any atom is -0.488 e. The standard InChI is InChI=1S/C32H34O2/c33-30-26(21-23-11-4-1-5-12-23)19-20-32(30)22-27-17-10-18-28(24-13-6-2-7-14-24)29(27)34-31(32)25-15-8-3-9-16-25/h1,3-5,8-9,11-13,15-16,21,28,31H,2,6-7,10,14,17-20,22H2/b26-21+/t28-,31-,32+/m1/s1. The van der Waals surface area contributed by atoms with E-state index >= 15 is 0 Å². The van der Waals surface area contributed by atoms with Crippen molar-refractivity contribution in [2.45, 2.75) is 70.3 Å². The highest BCUT2D eigenvalue weighted by atomic mass is 16.5. The Bertz CT molecular complexity index is 1150. The summed E-state index contributed by atoms with van der Waals surface area (Å²) in [6.07, 6.45) is 15.4. The highest BCUT2D eigenvalue weighted by Crippen LogP contribution is 2.59. The molecular formula is C32H34O2. The molecule has 1 fully saturated rings. The van der Waals surface area contributed by atoms with Gasteiger partial charge in [-0.1, -0.05) is 72.3 Å². The van der Waals surface area contributed by atoms with Gasteiger partial charge in [0.25, 0.3) is 0 Å². The Morgan fingerprint density at radius 3 is 2.44 bits per heavy atom. The number of hydrogen-bond donors (Lipinski definition) is 0. The van der Waals surface area contributed by atoms with E-state index < -0.39 is 5.41 Å². The lowest BCUT2D eigenvalue weighted by Crippen LogP contribution is -2.40. The van der Waals surface area contributed by atoms with Gasteiger partial charge in [0.1, 0.15) is 11.9 Å². The summed E-state index contributed by atoms with van der Waals surface area (Å²) in [4.78, 5) is 14.1. The molecule has 4 aliphatic rings. The summed E-state index contributed by atoms with van der Waals surface area (Å²) in [5, 5.41) is 0. The van der Waals surface area contributed by atoms with Crippen LogP contribution < -0.4 is 0 Å². The van der Waals surface area contributed by atoms with Crippen LogP contribution in [0.15, 0.2) is 89.2 Å². The molecule has 1 aliphatic heterocycles. The number of rotatable bonds is 3. The molecule has 34 heavy (non-hydrogen) atoms. The Hall–Kier alpha value is -2.87. The summed E-state index contributed by atoms with van der Waals surface area (Å²) >= 11 is 0. The van der Waals surface area contributed by atoms with Gasteiger partial charge in [-0.2, -0.15) is 0 Å². The first-order valence-corrected chi connectivity index (χ1v) is 13.2. The van der Waals surface area contributed by atoms with E-state index in [0.717, 1.165) is 42.4 Å². The van der Waals surface area contributed by atoms with Crippen molar-refractivity contribution >= 4 is 11.9 Å². The predicted octanol–water partition coefficient (Wildman–Crippen LogP) is 8.14. The first kappa shape index (κ1) is 21.6. The Morgan fingerprint density at radius 2 is 1.68 bits per heavy atom. The summed E-state index contributed by atoms with van der Waals surface area (Å²) in [5.41, 5.74) is 5.74. The van der Waals surface area contributed by atoms with Gasteiger partial charge in [-0.05, 0) is 92.6 Å². The Morgan fingerprint density at radius 1 is 0.882 bits per heavy atom. The van der Waals surface area contributed by atoms with Gasteiger partial charge in [0.15, 0.2) is 5.78 Å². The van der Waals surface area contributed by atoms with Gasteiger partial charge in [-0.3, -0.25) is 4.79 Å². The normalized spacial score (nSPS) is 30.3. The SMILES string of the molecule is O=C1/C(=C/c2ccccc2)CC[C@]12CC1=C(O[C@@H]2c2ccccc2)[C@@H](C2=CCCCC2)CCC1. The van der Waals surface area contributed by atoms with Gasteiger partial charge in [0.2, 0.25) is 0 Å². The molecular weight excluding hydrogens is 416 g/mol. The molecule has 0 N–H and O–H groups in total. The van der Waals surface area contributed by atoms with Crippen LogP contribution in [0.5, 0.6) is 0 Å². The van der Waals surface area contributed by atoms with Crippen LogP contribution in [0, 0.1) is 11.3 Å². The molecule has 6 rings (SSSR count). The third kappa shape index (κ3) is 3.78. The molecule has 2 aromatic carbocycles. The topological polar surface area (TPSA) is 26.3 Å². The lowest BCUT2D eigenvalue weighted by molar-refractivity contribution is -0.134. The van der Waals surface area contributed by atoms with Crippen molar-refractivity contribution < 1.29 is 9.53 Å². The first-order valence-electron chi connectivity index (χ1n) is 13.2. The largest absolute Gasteiger partial charge is 0.488 e. The lowest BCUT2D eigenvalue weighted by atomic mass is 9.66. The molecule has 2 aromatic rings. The van der Waals surface area contributed by atoms with Gasteiger partial charge >= 0.3 is 0 Å². The maximum absolute atomic E-state index is 14.1. The number of Topliss-reactive ketones (excluding diaryl/α,β-unsaturated/α-hetero) is 1. The molecule has 0 bridgehead atoms. The van der Waals surface area contributed by atoms with Gasteiger partial charge in [0, 0.05) is 5.92 Å². The van der Waals surface area contributed by atoms with Gasteiger partial charge in [-0.15, -0.1) is 0 Å². The van der Waals surface area contributed by atoms with Gasteiger partial charge < -0.3 is 4.74 Å². The smallest absolute Gasteiger partial charge is 0.169 e. The Balaban J connectivity index is 1.41. The average Bonchev–Trinajstić information content (AvgIpc) is 3.19. The second kappa shape index (κ2) is 9.06. The molecule has 0 aromatic heterocycles. The van der Waals surface area contributed by atoms with Crippen LogP contribution in [-0.4, -0.2) is 5.78 Å². The number of benzene rings is 2. The zero-order valence-electron chi connectivity index (χ0n) is 20.0. The molecule has 0 unspecified atom stereocenters. The van der Waals surface area contributed by atoms with Crippen LogP contribution in [0.4, 0.5) is 0 Å². The van der Waals surface area contributed by atoms with Crippen LogP contribution in [0.3, 0.4) is 0 Å². The van der Waals surface area contributed by atoms with E-state index in [4.69, 9.17) is 4.74 Å². The third-order valence-corrected chi connectivity index (χ3v) is 8.51. The van der Waals surface area contributed by atoms with Crippen molar-refractivity contribution in [3.8, 4) is 0 Å². The number of hydrogen-bond acceptors (Lipinski definition) is 2. The van der Waals surface area contributed by atoms with Gasteiger partial charge in [-0.25, -0.2) is 0 Å². The molecule has 3 atom stereocenters. The molecule has 1 heterocycles. The molecule has 0 amide bonds. The van der Waals surface area contributed by atoms with E-state index in [1.807, 2.05) is 18.2 Å². The van der Waals surface area contributed by atoms with Crippen LogP contribution in [0.25, 0.3) is 6.08 Å². The maximum atomic E-state index is 14.1. The summed E-state index contributed by atoms with van der Waals surface area (Å²) in [7, 11) is 0. The number of allylic oxidation sites excluding steroid dienone is 4. The first-order chi connectivity index (χ1) is 16.7. The van der Waals surface area contributed by atoms with Crippen LogP contribution >= 0.6 is 0 Å². The van der Waals surface area contributed by atoms with E-state index in [-0.39, 0.29) is 6.10 Å². The summed E-state index contributed by atoms with van der Waals surface area (Å²) < 4.78 is 7.04. The molecule has 0 radical (unpaired) electrons. The zero-order valence-corrected chi connectivity index (χ0v) is 20.0. The van der Waals surface area contributed by atoms with E-state index in [1.54, 1.807) is 5.57 Å². The molecule has 174 valence electrons. The van der Waals surface area contributed by atoms with E-state index in [2.05, 4.69) is 54.6 Å². The van der Waals surface area contributed by atoms with Crippen LogP contribution in [0.1, 0.15) is 81.4 Å². The second-order valence-corrected chi connectivity index (χ2v) is 10.6. The highest BCUT2D eigenvalue weighted by molar-refractivity contribution is 6.06. The fourth-order valence-corrected chi connectivity index (χ4v) is 6.83. The Kier molecular flexibility index (Phi) is 5.77. The van der Waals surface area contributed by atoms with Crippen molar-refractivity contribution in [3.63, 3.8) is 0 Å². The second-order valence-electron chi connectivity index (χ2n) is 10.6. The van der Waals surface area contributed by atoms with Crippen molar-refractivity contribution in [1.29, 1.82) is 0 Å². The summed E-state index contributed by atoms with van der Waals surface area (Å²) in [6, 6.07) is 20.8. The van der Waals surface area contributed by atoms with Crippen molar-refractivity contribution in [3.05, 3.63) is 100 Å². The number of ketones is 1. The fourth-order valence-electron chi connectivity index (χ4n) is 6.83. The minimum absolute atomic E-state index is 0.202. The van der Waals surface area contributed by atoms with Gasteiger partial charge in [0.05, 0.1) is 5.41 Å². The molecule has 0 saturated heterocycles. The number of carbonyl (C=O) groups is 1. The number of ether oxygens (including phenoxy) is 1. The molecule has 1 saturated carbocycles. The van der Waals surface area contributed by atoms with Crippen molar-refractivity contribution in [2.24, 2.45) is 11.3 Å². The van der Waals surface area contributed by atoms with E-state index in [1.165, 1.54) is 49.9 Å². The van der Waals surface area contributed by atoms with Crippen LogP contribution in [0.2, 0.25) is 0 Å². The van der Waals surface area contributed by atoms with Crippen molar-refractivity contribution in [1.82, 2.24) is 0 Å². The monoisotopic (exact) mass is 450 g/mol. The molecule has 2 heteroatoms. The average molecular weight is 451 g/mol. The minimum atomic E-state index is -0.483. The lowest BCUT2D eigenvalue weighted by Gasteiger charge is -2.46. The Labute approximate surface area is 203 Å². The zero-order chi connectivity index (χ0) is 23.0. The van der Waals surface area contributed by atoms with Crippen molar-refractivity contribution in [2.75, 3.05) is 0 Å². The molecule has 1 spiro atoms. The van der Waals surface area contributed by atoms with E-state index in [0.29, 0.717) is 11.7 Å². The summed E-state index contributed by atoms with van der Waals surface area (Å²) in [5.74, 6) is 1.94. The molecule has 2 nitrogen and oxygen atoms in total. The highest BCUT2D eigenvalue weighted by Gasteiger charge is 2.56. The quantitative estimate of drug-likeness (QED) is 0.348. The maximum Gasteiger partial charge on any atom is 0.169 e. The number of carbonyl (C=O) groups excluding carboxylic acids is 1. The fraction of sp³-hybridized carbons (Fsp3) is 0.406. The predicted molar refractivity (Wildman–Crippen MR) is 137 cm³/mol. The van der Waals surface area contributed by atoms with Crippen LogP contribution in [-0.2, 0) is 9.53 Å². The molecule has 3 aliphatic carbocycles.